The number of amides is 1. The molecule has 1 unspecified atom stereocenters. The Bertz CT molecular complexity index is 571. The fourth-order valence-corrected chi connectivity index (χ4v) is 3.65. The van der Waals surface area contributed by atoms with Gasteiger partial charge in [0.15, 0.2) is 0 Å². The van der Waals surface area contributed by atoms with Crippen LogP contribution in [0.25, 0.3) is 0 Å². The van der Waals surface area contributed by atoms with Crippen molar-refractivity contribution in [1.82, 2.24) is 9.80 Å². The summed E-state index contributed by atoms with van der Waals surface area (Å²) in [4.78, 5) is 16.3. The molecule has 2 aliphatic heterocycles. The van der Waals surface area contributed by atoms with Gasteiger partial charge in [0.2, 0.25) is 5.91 Å². The van der Waals surface area contributed by atoms with Crippen LogP contribution in [0.3, 0.4) is 0 Å². The lowest BCUT2D eigenvalue weighted by Gasteiger charge is -2.39. The van der Waals surface area contributed by atoms with Gasteiger partial charge in [-0.05, 0) is 50.8 Å². The topological polar surface area (TPSA) is 53.0 Å². The number of rotatable bonds is 5. The van der Waals surface area contributed by atoms with E-state index >= 15 is 0 Å². The van der Waals surface area contributed by atoms with E-state index in [9.17, 15) is 9.90 Å². The third-order valence-corrected chi connectivity index (χ3v) is 5.04. The zero-order valence-corrected chi connectivity index (χ0v) is 14.5. The zero-order chi connectivity index (χ0) is 17.0. The molecule has 1 aromatic rings. The van der Waals surface area contributed by atoms with Crippen molar-refractivity contribution in [2.75, 3.05) is 39.3 Å². The molecule has 2 aliphatic rings. The molecule has 2 saturated heterocycles. The highest BCUT2D eigenvalue weighted by molar-refractivity contribution is 5.78. The lowest BCUT2D eigenvalue weighted by Crippen LogP contribution is -2.53. The highest BCUT2D eigenvalue weighted by Crippen LogP contribution is 2.24. The van der Waals surface area contributed by atoms with Gasteiger partial charge in [-0.3, -0.25) is 9.69 Å². The Morgan fingerprint density at radius 1 is 1.21 bits per heavy atom. The smallest absolute Gasteiger partial charge is 0.236 e. The normalized spacial score (nSPS) is 25.0. The third kappa shape index (κ3) is 4.28. The average Bonchev–Trinajstić information content (AvgIpc) is 3.09. The molecule has 3 rings (SSSR count). The fraction of sp³-hybridized carbons (Fsp3) is 0.632. The molecule has 1 aromatic carbocycles. The highest BCUT2D eigenvalue weighted by Gasteiger charge is 2.35. The Balaban J connectivity index is 1.53. The van der Waals surface area contributed by atoms with E-state index in [0.717, 1.165) is 50.2 Å². The second-order valence-corrected chi connectivity index (χ2v) is 7.18. The first kappa shape index (κ1) is 17.2. The van der Waals surface area contributed by atoms with Gasteiger partial charge in [0.25, 0.3) is 0 Å². The minimum Gasteiger partial charge on any atom is -0.490 e. The molecule has 5 heteroatoms. The van der Waals surface area contributed by atoms with Gasteiger partial charge in [-0.1, -0.05) is 18.2 Å². The Labute approximate surface area is 144 Å². The summed E-state index contributed by atoms with van der Waals surface area (Å²) in [5, 5.41) is 10.9. The van der Waals surface area contributed by atoms with Crippen molar-refractivity contribution >= 4 is 5.91 Å². The largest absolute Gasteiger partial charge is 0.490 e. The van der Waals surface area contributed by atoms with Crippen LogP contribution in [0.4, 0.5) is 0 Å². The summed E-state index contributed by atoms with van der Waals surface area (Å²) < 4.78 is 5.86. The predicted octanol–water partition coefficient (Wildman–Crippen LogP) is 1.82. The first-order valence-corrected chi connectivity index (χ1v) is 8.97. The Hall–Kier alpha value is -1.59. The SMILES string of the molecule is Cc1ccccc1OCC1(O)CCCN(CC(=O)N2CCCC2)C1. The molecule has 1 amide bonds. The van der Waals surface area contributed by atoms with E-state index in [0.29, 0.717) is 19.5 Å². The summed E-state index contributed by atoms with van der Waals surface area (Å²) >= 11 is 0. The molecule has 1 N–H and O–H groups in total. The van der Waals surface area contributed by atoms with E-state index in [2.05, 4.69) is 4.90 Å². The Kier molecular flexibility index (Phi) is 5.41. The quantitative estimate of drug-likeness (QED) is 0.894. The maximum absolute atomic E-state index is 12.3. The molecule has 0 aliphatic carbocycles. The maximum Gasteiger partial charge on any atom is 0.236 e. The number of carbonyl (C=O) groups excluding carboxylic acids is 1. The van der Waals surface area contributed by atoms with Gasteiger partial charge in [-0.2, -0.15) is 0 Å². The minimum atomic E-state index is -0.883. The molecule has 132 valence electrons. The first-order valence-electron chi connectivity index (χ1n) is 8.97. The van der Waals surface area contributed by atoms with Crippen LogP contribution in [0.15, 0.2) is 24.3 Å². The molecule has 0 radical (unpaired) electrons. The van der Waals surface area contributed by atoms with Crippen molar-refractivity contribution in [2.24, 2.45) is 0 Å². The number of benzene rings is 1. The van der Waals surface area contributed by atoms with Crippen LogP contribution in [0.2, 0.25) is 0 Å². The molecular weight excluding hydrogens is 304 g/mol. The van der Waals surface area contributed by atoms with Crippen LogP contribution in [0.1, 0.15) is 31.2 Å². The predicted molar refractivity (Wildman–Crippen MR) is 93.1 cm³/mol. The number of carbonyl (C=O) groups is 1. The summed E-state index contributed by atoms with van der Waals surface area (Å²) in [6.45, 7) is 5.81. The number of hydrogen-bond donors (Lipinski definition) is 1. The van der Waals surface area contributed by atoms with Gasteiger partial charge in [-0.25, -0.2) is 0 Å². The van der Waals surface area contributed by atoms with Crippen molar-refractivity contribution in [2.45, 2.75) is 38.2 Å². The van der Waals surface area contributed by atoms with Crippen LogP contribution in [0.5, 0.6) is 5.75 Å². The van der Waals surface area contributed by atoms with Gasteiger partial charge in [0, 0.05) is 19.6 Å². The molecule has 0 aromatic heterocycles. The molecule has 2 heterocycles. The summed E-state index contributed by atoms with van der Waals surface area (Å²) in [6.07, 6.45) is 3.83. The lowest BCUT2D eigenvalue weighted by atomic mass is 9.93. The highest BCUT2D eigenvalue weighted by atomic mass is 16.5. The third-order valence-electron chi connectivity index (χ3n) is 5.04. The van der Waals surface area contributed by atoms with Crippen LogP contribution in [-0.2, 0) is 4.79 Å². The zero-order valence-electron chi connectivity index (χ0n) is 14.5. The number of likely N-dealkylation sites (tertiary alicyclic amines) is 2. The van der Waals surface area contributed by atoms with E-state index in [4.69, 9.17) is 4.74 Å². The van der Waals surface area contributed by atoms with Crippen LogP contribution in [-0.4, -0.2) is 65.7 Å². The fourth-order valence-electron chi connectivity index (χ4n) is 3.65. The van der Waals surface area contributed by atoms with Gasteiger partial charge in [-0.15, -0.1) is 0 Å². The maximum atomic E-state index is 12.3. The Morgan fingerprint density at radius 3 is 2.71 bits per heavy atom. The standard InChI is InChI=1S/C19H28N2O3/c1-16-7-2-3-8-17(16)24-15-19(23)9-6-10-20(14-19)13-18(22)21-11-4-5-12-21/h2-3,7-8,23H,4-6,9-15H2,1H3. The van der Waals surface area contributed by atoms with E-state index in [-0.39, 0.29) is 12.5 Å². The minimum absolute atomic E-state index is 0.191. The first-order chi connectivity index (χ1) is 11.6. The number of aryl methyl sites for hydroxylation is 1. The van der Waals surface area contributed by atoms with Crippen molar-refractivity contribution in [3.05, 3.63) is 29.8 Å². The molecule has 5 nitrogen and oxygen atoms in total. The monoisotopic (exact) mass is 332 g/mol. The van der Waals surface area contributed by atoms with Crippen molar-refractivity contribution in [3.8, 4) is 5.75 Å². The number of hydrogen-bond acceptors (Lipinski definition) is 4. The summed E-state index contributed by atoms with van der Waals surface area (Å²) in [5.74, 6) is 1.01. The number of para-hydroxylation sites is 1. The molecule has 0 spiro atoms. The molecule has 24 heavy (non-hydrogen) atoms. The molecule has 0 bridgehead atoms. The van der Waals surface area contributed by atoms with Crippen LogP contribution >= 0.6 is 0 Å². The second kappa shape index (κ2) is 7.53. The number of β-amino-alcohol motifs (C(OH)–C–C–N with tert-alkyl or cyclic N) is 1. The van der Waals surface area contributed by atoms with Gasteiger partial charge in [0.05, 0.1) is 6.54 Å². The van der Waals surface area contributed by atoms with E-state index in [1.165, 1.54) is 0 Å². The summed E-state index contributed by atoms with van der Waals surface area (Å²) in [6, 6.07) is 7.84. The number of nitrogens with zero attached hydrogens (tertiary/aromatic N) is 2. The van der Waals surface area contributed by atoms with E-state index < -0.39 is 5.60 Å². The van der Waals surface area contributed by atoms with Gasteiger partial charge < -0.3 is 14.7 Å². The molecule has 0 saturated carbocycles. The second-order valence-electron chi connectivity index (χ2n) is 7.18. The van der Waals surface area contributed by atoms with E-state index in [1.807, 2.05) is 36.1 Å². The average molecular weight is 332 g/mol. The number of piperidine rings is 1. The van der Waals surface area contributed by atoms with Crippen LogP contribution < -0.4 is 4.74 Å². The molecule has 1 atom stereocenters. The number of ether oxygens (including phenoxy) is 1. The number of aliphatic hydroxyl groups is 1. The van der Waals surface area contributed by atoms with Crippen molar-refractivity contribution < 1.29 is 14.6 Å². The van der Waals surface area contributed by atoms with Crippen molar-refractivity contribution in [3.63, 3.8) is 0 Å². The van der Waals surface area contributed by atoms with Gasteiger partial charge >= 0.3 is 0 Å². The summed E-state index contributed by atoms with van der Waals surface area (Å²) in [5.41, 5.74) is 0.184. The Morgan fingerprint density at radius 2 is 1.96 bits per heavy atom. The van der Waals surface area contributed by atoms with Crippen LogP contribution in [0, 0.1) is 6.92 Å². The molecule has 2 fully saturated rings. The lowest BCUT2D eigenvalue weighted by molar-refractivity contribution is -0.133. The van der Waals surface area contributed by atoms with Gasteiger partial charge in [0.1, 0.15) is 18.0 Å². The van der Waals surface area contributed by atoms with E-state index in [1.54, 1.807) is 0 Å². The molecular formula is C19H28N2O3. The summed E-state index contributed by atoms with van der Waals surface area (Å²) in [7, 11) is 0. The van der Waals surface area contributed by atoms with Crippen molar-refractivity contribution in [1.29, 1.82) is 0 Å².